The molecule has 5 heteroatoms. The third-order valence-electron chi connectivity index (χ3n) is 1.91. The van der Waals surface area contributed by atoms with Gasteiger partial charge in [-0.3, -0.25) is 4.68 Å². The summed E-state index contributed by atoms with van der Waals surface area (Å²) in [5.74, 6) is 0. The summed E-state index contributed by atoms with van der Waals surface area (Å²) in [4.78, 5) is 0. The molecule has 1 heterocycles. The van der Waals surface area contributed by atoms with Crippen molar-refractivity contribution >= 4 is 21.6 Å². The van der Waals surface area contributed by atoms with Gasteiger partial charge in [-0.25, -0.2) is 0 Å². The summed E-state index contributed by atoms with van der Waals surface area (Å²) in [6, 6.07) is 8.15. The lowest BCUT2D eigenvalue weighted by atomic mass is 10.2. The zero-order valence-corrected chi connectivity index (χ0v) is 10.2. The van der Waals surface area contributed by atoms with E-state index >= 15 is 0 Å². The van der Waals surface area contributed by atoms with Crippen LogP contribution in [0.3, 0.4) is 0 Å². The minimum Gasteiger partial charge on any atom is -1.00 e. The summed E-state index contributed by atoms with van der Waals surface area (Å²) in [5, 5.41) is 4.11. The first-order valence-corrected chi connectivity index (χ1v) is 5.06. The maximum atomic E-state index is 5.57. The van der Waals surface area contributed by atoms with Gasteiger partial charge in [-0.15, -0.1) is 0 Å². The van der Waals surface area contributed by atoms with Gasteiger partial charge in [0.15, 0.2) is 0 Å². The first-order valence-electron chi connectivity index (χ1n) is 4.26. The molecule has 2 N–H and O–H groups in total. The van der Waals surface area contributed by atoms with Gasteiger partial charge in [0, 0.05) is 10.7 Å². The Kier molecular flexibility index (Phi) is 4.17. The second-order valence-corrected chi connectivity index (χ2v) is 4.01. The molecule has 1 aromatic heterocycles. The maximum Gasteiger partial charge on any atom is 0.0719 e. The minimum absolute atomic E-state index is 0. The number of nitrogen functional groups attached to an aromatic ring is 1. The molecule has 2 rings (SSSR count). The molecule has 0 saturated heterocycles. The van der Waals surface area contributed by atoms with Crippen LogP contribution in [0.4, 0.5) is 5.69 Å². The molecule has 0 bridgehead atoms. The number of anilines is 1. The molecule has 1 aromatic carbocycles. The Bertz CT molecular complexity index is 424. The third-order valence-corrected chi connectivity index (χ3v) is 2.44. The second kappa shape index (κ2) is 5.19. The van der Waals surface area contributed by atoms with Crippen molar-refractivity contribution in [2.75, 3.05) is 5.73 Å². The average molecular weight is 288 g/mol. The predicted molar refractivity (Wildman–Crippen MR) is 59.9 cm³/mol. The van der Waals surface area contributed by atoms with Gasteiger partial charge in [0.1, 0.15) is 0 Å². The number of nitrogens with zero attached hydrogens (tertiary/aromatic N) is 2. The van der Waals surface area contributed by atoms with Crippen LogP contribution < -0.4 is 18.1 Å². The zero-order chi connectivity index (χ0) is 9.97. The molecule has 0 unspecified atom stereocenters. The van der Waals surface area contributed by atoms with Crippen LogP contribution in [0.1, 0.15) is 5.56 Å². The van der Waals surface area contributed by atoms with Gasteiger partial charge in [-0.2, -0.15) is 5.10 Å². The highest BCUT2D eigenvalue weighted by atomic mass is 79.9. The van der Waals surface area contributed by atoms with E-state index in [-0.39, 0.29) is 12.4 Å². The van der Waals surface area contributed by atoms with E-state index in [1.54, 1.807) is 6.20 Å². The van der Waals surface area contributed by atoms with Crippen molar-refractivity contribution in [2.45, 2.75) is 6.54 Å². The van der Waals surface area contributed by atoms with Gasteiger partial charge in [0.25, 0.3) is 0 Å². The predicted octanol–water partition coefficient (Wildman–Crippen LogP) is -0.720. The Morgan fingerprint density at radius 1 is 1.27 bits per heavy atom. The molecule has 0 fully saturated rings. The lowest BCUT2D eigenvalue weighted by molar-refractivity contribution is -0.00000283. The molecule has 0 aliphatic rings. The summed E-state index contributed by atoms with van der Waals surface area (Å²) >= 11 is 3.39. The standard InChI is InChI=1S/C10H10BrN3.ClH/c11-9-3-1-8(2-4-9)6-14-7-10(12)5-13-14;/h1-5,7H,6,12H2;1H/p-1. The number of aromatic nitrogens is 2. The molecule has 15 heavy (non-hydrogen) atoms. The van der Waals surface area contributed by atoms with Crippen LogP contribution in [0.5, 0.6) is 0 Å². The van der Waals surface area contributed by atoms with Crippen molar-refractivity contribution < 1.29 is 12.4 Å². The quantitative estimate of drug-likeness (QED) is 0.792. The van der Waals surface area contributed by atoms with Crippen molar-refractivity contribution in [2.24, 2.45) is 0 Å². The molecular formula is C10H10BrClN3-. The number of halogens is 2. The number of benzene rings is 1. The average Bonchev–Trinajstić information content (AvgIpc) is 2.56. The third kappa shape index (κ3) is 3.25. The second-order valence-electron chi connectivity index (χ2n) is 3.10. The highest BCUT2D eigenvalue weighted by Gasteiger charge is 1.96. The summed E-state index contributed by atoms with van der Waals surface area (Å²) in [5.41, 5.74) is 7.47. The molecule has 3 nitrogen and oxygen atoms in total. The van der Waals surface area contributed by atoms with E-state index in [1.807, 2.05) is 23.0 Å². The lowest BCUT2D eigenvalue weighted by Gasteiger charge is -2.01. The summed E-state index contributed by atoms with van der Waals surface area (Å²) in [6.07, 6.45) is 3.47. The van der Waals surface area contributed by atoms with Crippen LogP contribution in [0.15, 0.2) is 41.1 Å². The Labute approximate surface area is 103 Å². The van der Waals surface area contributed by atoms with E-state index in [1.165, 1.54) is 5.56 Å². The molecule has 0 atom stereocenters. The van der Waals surface area contributed by atoms with E-state index in [0.29, 0.717) is 5.69 Å². The first-order chi connectivity index (χ1) is 6.74. The van der Waals surface area contributed by atoms with E-state index in [0.717, 1.165) is 11.0 Å². The first kappa shape index (κ1) is 12.1. The summed E-state index contributed by atoms with van der Waals surface area (Å²) < 4.78 is 2.90. The van der Waals surface area contributed by atoms with E-state index in [9.17, 15) is 0 Å². The van der Waals surface area contributed by atoms with Crippen molar-refractivity contribution in [3.05, 3.63) is 46.7 Å². The summed E-state index contributed by atoms with van der Waals surface area (Å²) in [7, 11) is 0. The van der Waals surface area contributed by atoms with Crippen LogP contribution in [-0.2, 0) is 6.54 Å². The largest absolute Gasteiger partial charge is 1.00 e. The number of hydrogen-bond acceptors (Lipinski definition) is 2. The SMILES string of the molecule is Nc1cnn(Cc2ccc(Br)cc2)c1.[Cl-]. The van der Waals surface area contributed by atoms with Crippen molar-refractivity contribution in [3.8, 4) is 0 Å². The minimum atomic E-state index is 0. The topological polar surface area (TPSA) is 43.8 Å². The van der Waals surface area contributed by atoms with Gasteiger partial charge in [-0.1, -0.05) is 28.1 Å². The van der Waals surface area contributed by atoms with Gasteiger partial charge < -0.3 is 18.1 Å². The fourth-order valence-corrected chi connectivity index (χ4v) is 1.51. The molecule has 0 aliphatic carbocycles. The van der Waals surface area contributed by atoms with Gasteiger partial charge >= 0.3 is 0 Å². The van der Waals surface area contributed by atoms with Crippen molar-refractivity contribution in [1.82, 2.24) is 9.78 Å². The van der Waals surface area contributed by atoms with Crippen LogP contribution in [0.2, 0.25) is 0 Å². The summed E-state index contributed by atoms with van der Waals surface area (Å²) in [6.45, 7) is 0.754. The van der Waals surface area contributed by atoms with E-state index in [4.69, 9.17) is 5.73 Å². The van der Waals surface area contributed by atoms with Gasteiger partial charge in [0.05, 0.1) is 18.4 Å². The maximum absolute atomic E-state index is 5.57. The van der Waals surface area contributed by atoms with E-state index < -0.39 is 0 Å². The van der Waals surface area contributed by atoms with Crippen molar-refractivity contribution in [3.63, 3.8) is 0 Å². The molecule has 0 saturated carbocycles. The van der Waals surface area contributed by atoms with Crippen LogP contribution in [0, 0.1) is 0 Å². The molecule has 0 amide bonds. The normalized spacial score (nSPS) is 9.67. The molecule has 0 spiro atoms. The fraction of sp³-hybridized carbons (Fsp3) is 0.100. The van der Waals surface area contributed by atoms with Crippen LogP contribution in [0.25, 0.3) is 0 Å². The monoisotopic (exact) mass is 286 g/mol. The highest BCUT2D eigenvalue weighted by Crippen LogP contribution is 2.11. The number of rotatable bonds is 2. The van der Waals surface area contributed by atoms with Crippen LogP contribution >= 0.6 is 15.9 Å². The van der Waals surface area contributed by atoms with Gasteiger partial charge in [-0.05, 0) is 17.7 Å². The highest BCUT2D eigenvalue weighted by molar-refractivity contribution is 9.10. The Balaban J connectivity index is 0.00000112. The number of nitrogens with two attached hydrogens (primary N) is 1. The molecule has 0 radical (unpaired) electrons. The van der Waals surface area contributed by atoms with Gasteiger partial charge in [0.2, 0.25) is 0 Å². The Morgan fingerprint density at radius 3 is 2.47 bits per heavy atom. The van der Waals surface area contributed by atoms with E-state index in [2.05, 4.69) is 33.2 Å². The lowest BCUT2D eigenvalue weighted by Crippen LogP contribution is -3.00. The molecule has 80 valence electrons. The molecular weight excluding hydrogens is 277 g/mol. The number of hydrogen-bond donors (Lipinski definition) is 1. The Hall–Kier alpha value is -1.000. The van der Waals surface area contributed by atoms with Crippen LogP contribution in [-0.4, -0.2) is 9.78 Å². The molecule has 0 aliphatic heterocycles. The fourth-order valence-electron chi connectivity index (χ4n) is 1.24. The zero-order valence-electron chi connectivity index (χ0n) is 7.90. The molecule has 2 aromatic rings. The smallest absolute Gasteiger partial charge is 0.0719 e. The van der Waals surface area contributed by atoms with Crippen molar-refractivity contribution in [1.29, 1.82) is 0 Å². The Morgan fingerprint density at radius 2 is 1.93 bits per heavy atom.